The third kappa shape index (κ3) is 2.68. The summed E-state index contributed by atoms with van der Waals surface area (Å²) in [6, 6.07) is 9.01. The van der Waals surface area contributed by atoms with E-state index in [4.69, 9.17) is 5.73 Å². The van der Waals surface area contributed by atoms with E-state index in [0.717, 1.165) is 10.0 Å². The molecule has 2 rings (SSSR count). The van der Waals surface area contributed by atoms with Gasteiger partial charge in [0.15, 0.2) is 0 Å². The van der Waals surface area contributed by atoms with Gasteiger partial charge >= 0.3 is 0 Å². The van der Waals surface area contributed by atoms with Gasteiger partial charge in [-0.3, -0.25) is 4.79 Å². The van der Waals surface area contributed by atoms with Crippen LogP contribution < -0.4 is 11.1 Å². The first kappa shape index (κ1) is 12.6. The van der Waals surface area contributed by atoms with Crippen LogP contribution in [0.25, 0.3) is 0 Å². The third-order valence-electron chi connectivity index (χ3n) is 2.46. The van der Waals surface area contributed by atoms with Crippen LogP contribution in [0.4, 0.5) is 11.5 Å². The van der Waals surface area contributed by atoms with Gasteiger partial charge in [0.25, 0.3) is 5.91 Å². The number of hydrogen-bond donors (Lipinski definition) is 2. The lowest BCUT2D eigenvalue weighted by Crippen LogP contribution is -2.15. The highest BCUT2D eigenvalue weighted by Gasteiger charge is 2.11. The van der Waals surface area contributed by atoms with Crippen LogP contribution in [0.15, 0.2) is 41.0 Å². The summed E-state index contributed by atoms with van der Waals surface area (Å²) in [5.41, 5.74) is 7.83. The van der Waals surface area contributed by atoms with Crippen LogP contribution in [-0.2, 0) is 0 Å². The number of carbonyl (C=O) groups is 1. The Balaban J connectivity index is 2.24. The summed E-state index contributed by atoms with van der Waals surface area (Å²) in [4.78, 5) is 15.9. The zero-order valence-electron chi connectivity index (χ0n) is 9.77. The van der Waals surface area contributed by atoms with Crippen molar-refractivity contribution in [3.8, 4) is 0 Å². The lowest BCUT2D eigenvalue weighted by molar-refractivity contribution is 0.102. The molecule has 0 atom stereocenters. The largest absolute Gasteiger partial charge is 0.383 e. The Morgan fingerprint density at radius 3 is 2.83 bits per heavy atom. The lowest BCUT2D eigenvalue weighted by Gasteiger charge is -2.09. The van der Waals surface area contributed by atoms with E-state index < -0.39 is 0 Å². The first-order valence-corrected chi connectivity index (χ1v) is 6.15. The number of aryl methyl sites for hydroxylation is 1. The molecule has 0 saturated carbocycles. The fraction of sp³-hybridized carbons (Fsp3) is 0.0769. The number of anilines is 2. The Kier molecular flexibility index (Phi) is 3.62. The molecule has 0 saturated heterocycles. The van der Waals surface area contributed by atoms with Crippen molar-refractivity contribution in [2.75, 3.05) is 11.1 Å². The molecule has 0 aliphatic heterocycles. The predicted octanol–water partition coefficient (Wildman–Crippen LogP) is 2.99. The molecular formula is C13H12BrN3O. The third-order valence-corrected chi connectivity index (χ3v) is 3.11. The summed E-state index contributed by atoms with van der Waals surface area (Å²) in [6.45, 7) is 1.98. The molecule has 0 unspecified atom stereocenters. The Morgan fingerprint density at radius 1 is 1.39 bits per heavy atom. The second-order valence-electron chi connectivity index (χ2n) is 3.87. The molecule has 92 valence electrons. The van der Waals surface area contributed by atoms with E-state index in [1.807, 2.05) is 25.1 Å². The minimum Gasteiger partial charge on any atom is -0.383 e. The number of hydrogen-bond acceptors (Lipinski definition) is 3. The second-order valence-corrected chi connectivity index (χ2v) is 4.73. The molecular weight excluding hydrogens is 294 g/mol. The highest BCUT2D eigenvalue weighted by atomic mass is 79.9. The van der Waals surface area contributed by atoms with Gasteiger partial charge in [-0.05, 0) is 52.7 Å². The highest BCUT2D eigenvalue weighted by molar-refractivity contribution is 9.10. The molecule has 1 aromatic heterocycles. The van der Waals surface area contributed by atoms with Crippen LogP contribution >= 0.6 is 15.9 Å². The summed E-state index contributed by atoms with van der Waals surface area (Å²) in [6.07, 6.45) is 1.55. The van der Waals surface area contributed by atoms with Gasteiger partial charge in [0, 0.05) is 10.7 Å². The first-order valence-electron chi connectivity index (χ1n) is 5.36. The van der Waals surface area contributed by atoms with E-state index in [0.29, 0.717) is 11.3 Å². The van der Waals surface area contributed by atoms with E-state index in [-0.39, 0.29) is 11.7 Å². The average molecular weight is 306 g/mol. The van der Waals surface area contributed by atoms with E-state index in [2.05, 4.69) is 26.2 Å². The zero-order valence-corrected chi connectivity index (χ0v) is 11.4. The predicted molar refractivity (Wildman–Crippen MR) is 75.5 cm³/mol. The maximum absolute atomic E-state index is 12.0. The number of benzene rings is 1. The number of rotatable bonds is 2. The summed E-state index contributed by atoms with van der Waals surface area (Å²) < 4.78 is 0.832. The molecule has 1 heterocycles. The molecule has 18 heavy (non-hydrogen) atoms. The Bertz CT molecular complexity index is 599. The summed E-state index contributed by atoms with van der Waals surface area (Å²) >= 11 is 3.41. The maximum atomic E-state index is 12.0. The fourth-order valence-corrected chi connectivity index (χ4v) is 2.11. The van der Waals surface area contributed by atoms with Crippen molar-refractivity contribution in [1.29, 1.82) is 0 Å². The standard InChI is InChI=1S/C13H12BrN3O/c1-8-4-5-11(10(14)7-8)17-13(18)9-3-2-6-16-12(9)15/h2-7H,1H3,(H2,15,16)(H,17,18). The second kappa shape index (κ2) is 5.18. The number of nitrogens with zero attached hydrogens (tertiary/aromatic N) is 1. The molecule has 0 bridgehead atoms. The Morgan fingerprint density at radius 2 is 2.17 bits per heavy atom. The van der Waals surface area contributed by atoms with Crippen LogP contribution in [0.5, 0.6) is 0 Å². The quantitative estimate of drug-likeness (QED) is 0.896. The molecule has 0 radical (unpaired) electrons. The van der Waals surface area contributed by atoms with Gasteiger partial charge in [-0.2, -0.15) is 0 Å². The average Bonchev–Trinajstić information content (AvgIpc) is 2.33. The minimum absolute atomic E-state index is 0.221. The van der Waals surface area contributed by atoms with Crippen LogP contribution in [-0.4, -0.2) is 10.9 Å². The van der Waals surface area contributed by atoms with Crippen molar-refractivity contribution in [1.82, 2.24) is 4.98 Å². The number of nitrogens with two attached hydrogens (primary N) is 1. The van der Waals surface area contributed by atoms with E-state index >= 15 is 0 Å². The number of nitrogens with one attached hydrogen (secondary N) is 1. The molecule has 4 nitrogen and oxygen atoms in total. The number of amides is 1. The molecule has 2 aromatic rings. The van der Waals surface area contributed by atoms with Gasteiger partial charge in [-0.25, -0.2) is 4.98 Å². The van der Waals surface area contributed by atoms with Crippen molar-refractivity contribution < 1.29 is 4.79 Å². The fourth-order valence-electron chi connectivity index (χ4n) is 1.52. The number of pyridine rings is 1. The normalized spacial score (nSPS) is 10.1. The van der Waals surface area contributed by atoms with Crippen molar-refractivity contribution in [2.24, 2.45) is 0 Å². The van der Waals surface area contributed by atoms with Crippen LogP contribution in [0.1, 0.15) is 15.9 Å². The van der Waals surface area contributed by atoms with Gasteiger partial charge < -0.3 is 11.1 Å². The smallest absolute Gasteiger partial charge is 0.259 e. The molecule has 0 aliphatic carbocycles. The number of nitrogen functional groups attached to an aromatic ring is 1. The van der Waals surface area contributed by atoms with E-state index in [1.165, 1.54) is 0 Å². The molecule has 0 spiro atoms. The molecule has 0 fully saturated rings. The molecule has 1 aromatic carbocycles. The van der Waals surface area contributed by atoms with Gasteiger partial charge in [0.05, 0.1) is 11.3 Å². The van der Waals surface area contributed by atoms with Crippen molar-refractivity contribution in [3.05, 3.63) is 52.1 Å². The summed E-state index contributed by atoms with van der Waals surface area (Å²) in [7, 11) is 0. The molecule has 1 amide bonds. The lowest BCUT2D eigenvalue weighted by atomic mass is 10.2. The SMILES string of the molecule is Cc1ccc(NC(=O)c2cccnc2N)c(Br)c1. The molecule has 5 heteroatoms. The Hall–Kier alpha value is -1.88. The number of carbonyl (C=O) groups excluding carboxylic acids is 1. The summed E-state index contributed by atoms with van der Waals surface area (Å²) in [5.74, 6) is -0.0524. The van der Waals surface area contributed by atoms with Crippen LogP contribution in [0.3, 0.4) is 0 Å². The molecule has 0 aliphatic rings. The number of aromatic nitrogens is 1. The summed E-state index contributed by atoms with van der Waals surface area (Å²) in [5, 5.41) is 2.79. The van der Waals surface area contributed by atoms with Crippen molar-refractivity contribution >= 4 is 33.3 Å². The van der Waals surface area contributed by atoms with Gasteiger partial charge in [0.1, 0.15) is 5.82 Å². The van der Waals surface area contributed by atoms with E-state index in [9.17, 15) is 4.79 Å². The molecule has 3 N–H and O–H groups in total. The minimum atomic E-state index is -0.273. The first-order chi connectivity index (χ1) is 8.58. The van der Waals surface area contributed by atoms with Gasteiger partial charge in [-0.15, -0.1) is 0 Å². The highest BCUT2D eigenvalue weighted by Crippen LogP contribution is 2.24. The van der Waals surface area contributed by atoms with Crippen molar-refractivity contribution in [3.63, 3.8) is 0 Å². The maximum Gasteiger partial charge on any atom is 0.259 e. The topological polar surface area (TPSA) is 68.0 Å². The van der Waals surface area contributed by atoms with Gasteiger partial charge in [0.2, 0.25) is 0 Å². The Labute approximate surface area is 113 Å². The zero-order chi connectivity index (χ0) is 13.1. The monoisotopic (exact) mass is 305 g/mol. The van der Waals surface area contributed by atoms with E-state index in [1.54, 1.807) is 18.3 Å². The van der Waals surface area contributed by atoms with Crippen LogP contribution in [0, 0.1) is 6.92 Å². The van der Waals surface area contributed by atoms with Crippen molar-refractivity contribution in [2.45, 2.75) is 6.92 Å². The van der Waals surface area contributed by atoms with Gasteiger partial charge in [-0.1, -0.05) is 6.07 Å². The number of halogens is 1. The van der Waals surface area contributed by atoms with Crippen LogP contribution in [0.2, 0.25) is 0 Å².